The van der Waals surface area contributed by atoms with Crippen molar-refractivity contribution in [1.82, 2.24) is 14.7 Å². The molecule has 0 bridgehead atoms. The molecule has 144 valence electrons. The fourth-order valence-corrected chi connectivity index (χ4v) is 3.62. The molecule has 3 rings (SSSR count). The number of hydrogen-bond acceptors (Lipinski definition) is 5. The van der Waals surface area contributed by atoms with Crippen LogP contribution in [0, 0.1) is 6.92 Å². The van der Waals surface area contributed by atoms with Crippen LogP contribution in [0.5, 0.6) is 11.5 Å². The minimum absolute atomic E-state index is 0.187. The van der Waals surface area contributed by atoms with Crippen molar-refractivity contribution < 1.29 is 24.2 Å². The molecule has 0 saturated heterocycles. The first-order valence-corrected chi connectivity index (χ1v) is 8.63. The van der Waals surface area contributed by atoms with E-state index in [9.17, 15) is 14.7 Å². The number of carbonyl (C=O) groups is 2. The molecule has 2 aromatic rings. The number of amides is 1. The Morgan fingerprint density at radius 1 is 1.26 bits per heavy atom. The van der Waals surface area contributed by atoms with Crippen LogP contribution in [0.15, 0.2) is 18.3 Å². The third-order valence-corrected chi connectivity index (χ3v) is 4.88. The van der Waals surface area contributed by atoms with E-state index in [1.54, 1.807) is 42.9 Å². The molecule has 0 spiro atoms. The van der Waals surface area contributed by atoms with Gasteiger partial charge in [0.15, 0.2) is 11.5 Å². The Labute approximate surface area is 157 Å². The summed E-state index contributed by atoms with van der Waals surface area (Å²) in [5, 5.41) is 13.7. The molecule has 1 amide bonds. The summed E-state index contributed by atoms with van der Waals surface area (Å²) in [6, 6.07) is 3.05. The third-order valence-electron chi connectivity index (χ3n) is 4.88. The summed E-state index contributed by atoms with van der Waals surface area (Å²) in [6.45, 7) is 2.19. The van der Waals surface area contributed by atoms with Gasteiger partial charge in [0.1, 0.15) is 0 Å². The fraction of sp³-hybridized carbons (Fsp3) is 0.421. The average molecular weight is 373 g/mol. The maximum absolute atomic E-state index is 13.1. The second-order valence-electron chi connectivity index (χ2n) is 6.57. The minimum Gasteiger partial charge on any atom is -0.493 e. The normalized spacial score (nSPS) is 16.0. The van der Waals surface area contributed by atoms with Crippen molar-refractivity contribution in [3.63, 3.8) is 0 Å². The number of carboxylic acid groups (broad SMARTS) is 1. The quantitative estimate of drug-likeness (QED) is 0.861. The van der Waals surface area contributed by atoms with E-state index in [2.05, 4.69) is 5.10 Å². The zero-order chi connectivity index (χ0) is 19.7. The molecule has 8 nitrogen and oxygen atoms in total. The van der Waals surface area contributed by atoms with E-state index < -0.39 is 12.0 Å². The smallest absolute Gasteiger partial charge is 0.305 e. The minimum atomic E-state index is -0.969. The zero-order valence-electron chi connectivity index (χ0n) is 15.9. The molecule has 2 heterocycles. The number of aromatic nitrogens is 2. The molecule has 0 saturated carbocycles. The van der Waals surface area contributed by atoms with Gasteiger partial charge >= 0.3 is 5.97 Å². The largest absolute Gasteiger partial charge is 0.493 e. The lowest BCUT2D eigenvalue weighted by atomic mass is 9.89. The molecule has 27 heavy (non-hydrogen) atoms. The average Bonchev–Trinajstić information content (AvgIpc) is 2.98. The van der Waals surface area contributed by atoms with Crippen molar-refractivity contribution in [2.75, 3.05) is 20.8 Å². The van der Waals surface area contributed by atoms with E-state index in [1.165, 1.54) is 7.11 Å². The summed E-state index contributed by atoms with van der Waals surface area (Å²) < 4.78 is 12.3. The number of fused-ring (bicyclic) bond motifs is 1. The van der Waals surface area contributed by atoms with Crippen LogP contribution in [0.2, 0.25) is 0 Å². The predicted molar refractivity (Wildman–Crippen MR) is 97.2 cm³/mol. The van der Waals surface area contributed by atoms with Crippen molar-refractivity contribution in [1.29, 1.82) is 0 Å². The Morgan fingerprint density at radius 2 is 1.93 bits per heavy atom. The van der Waals surface area contributed by atoms with E-state index >= 15 is 0 Å². The number of methoxy groups -OCH3 is 2. The Bertz CT molecular complexity index is 890. The van der Waals surface area contributed by atoms with Gasteiger partial charge < -0.3 is 19.5 Å². The highest BCUT2D eigenvalue weighted by Gasteiger charge is 2.35. The maximum Gasteiger partial charge on any atom is 0.305 e. The van der Waals surface area contributed by atoms with Gasteiger partial charge in [-0.3, -0.25) is 14.3 Å². The summed E-state index contributed by atoms with van der Waals surface area (Å²) in [4.78, 5) is 26.3. The number of nitrogens with zero attached hydrogens (tertiary/aromatic N) is 3. The lowest BCUT2D eigenvalue weighted by Crippen LogP contribution is -2.41. The highest BCUT2D eigenvalue weighted by atomic mass is 16.5. The molecule has 1 atom stereocenters. The first kappa shape index (κ1) is 18.8. The molecule has 1 aliphatic heterocycles. The molecule has 8 heteroatoms. The van der Waals surface area contributed by atoms with Gasteiger partial charge in [-0.1, -0.05) is 0 Å². The van der Waals surface area contributed by atoms with Crippen molar-refractivity contribution in [3.8, 4) is 11.5 Å². The Hall–Kier alpha value is -3.03. The van der Waals surface area contributed by atoms with Crippen LogP contribution in [0.3, 0.4) is 0 Å². The number of rotatable bonds is 5. The Morgan fingerprint density at radius 3 is 2.48 bits per heavy atom. The summed E-state index contributed by atoms with van der Waals surface area (Å²) in [5.41, 5.74) is 2.84. The topological polar surface area (TPSA) is 93.9 Å². The summed E-state index contributed by atoms with van der Waals surface area (Å²) in [5.74, 6) is -0.0812. The molecule has 1 aromatic carbocycles. The summed E-state index contributed by atoms with van der Waals surface area (Å²) in [7, 11) is 4.84. The summed E-state index contributed by atoms with van der Waals surface area (Å²) >= 11 is 0. The molecule has 0 fully saturated rings. The first-order valence-electron chi connectivity index (χ1n) is 8.63. The Kier molecular flexibility index (Phi) is 5.07. The van der Waals surface area contributed by atoms with Crippen molar-refractivity contribution >= 4 is 11.9 Å². The van der Waals surface area contributed by atoms with Gasteiger partial charge in [-0.15, -0.1) is 0 Å². The van der Waals surface area contributed by atoms with Crippen LogP contribution in [0.4, 0.5) is 0 Å². The second kappa shape index (κ2) is 7.30. The van der Waals surface area contributed by atoms with Crippen LogP contribution >= 0.6 is 0 Å². The van der Waals surface area contributed by atoms with Crippen LogP contribution < -0.4 is 9.47 Å². The molecule has 1 unspecified atom stereocenters. The lowest BCUT2D eigenvalue weighted by Gasteiger charge is -2.37. The van der Waals surface area contributed by atoms with Gasteiger partial charge in [-0.25, -0.2) is 0 Å². The van der Waals surface area contributed by atoms with Gasteiger partial charge in [-0.05, 0) is 36.6 Å². The van der Waals surface area contributed by atoms with Crippen LogP contribution in [0.25, 0.3) is 0 Å². The molecule has 0 radical (unpaired) electrons. The number of benzene rings is 1. The highest BCUT2D eigenvalue weighted by molar-refractivity contribution is 5.95. The second-order valence-corrected chi connectivity index (χ2v) is 6.57. The lowest BCUT2D eigenvalue weighted by molar-refractivity contribution is -0.138. The van der Waals surface area contributed by atoms with E-state index in [0.29, 0.717) is 35.7 Å². The van der Waals surface area contributed by atoms with Crippen molar-refractivity contribution in [2.24, 2.45) is 7.05 Å². The molecule has 1 aliphatic rings. The van der Waals surface area contributed by atoms with Gasteiger partial charge in [0.25, 0.3) is 5.91 Å². The molecule has 1 aromatic heterocycles. The zero-order valence-corrected chi connectivity index (χ0v) is 15.9. The number of carbonyl (C=O) groups excluding carboxylic acids is 1. The molecular weight excluding hydrogens is 350 g/mol. The monoisotopic (exact) mass is 373 g/mol. The Balaban J connectivity index is 2.05. The molecular formula is C19H23N3O5. The third kappa shape index (κ3) is 3.47. The number of ether oxygens (including phenoxy) is 2. The van der Waals surface area contributed by atoms with E-state index in [-0.39, 0.29) is 12.3 Å². The van der Waals surface area contributed by atoms with Crippen LogP contribution in [0.1, 0.15) is 39.6 Å². The standard InChI is InChI=1S/C19H23N3O5/c1-11-14(10-21(2)20-11)19(25)22-6-5-12-7-16(26-3)17(27-4)8-13(12)15(22)9-18(23)24/h7-8,10,15H,5-6,9H2,1-4H3,(H,23,24). The maximum atomic E-state index is 13.1. The number of aliphatic carboxylic acids is 1. The predicted octanol–water partition coefficient (Wildman–Crippen LogP) is 1.96. The van der Waals surface area contributed by atoms with Gasteiger partial charge in [0, 0.05) is 19.8 Å². The molecule has 0 aliphatic carbocycles. The van der Waals surface area contributed by atoms with Gasteiger partial charge in [-0.2, -0.15) is 5.10 Å². The van der Waals surface area contributed by atoms with E-state index in [4.69, 9.17) is 9.47 Å². The van der Waals surface area contributed by atoms with Crippen LogP contribution in [-0.2, 0) is 18.3 Å². The highest BCUT2D eigenvalue weighted by Crippen LogP contribution is 2.40. The number of aryl methyl sites for hydroxylation is 2. The van der Waals surface area contributed by atoms with Gasteiger partial charge in [0.2, 0.25) is 0 Å². The number of carboxylic acids is 1. The van der Waals surface area contributed by atoms with Crippen LogP contribution in [-0.4, -0.2) is 52.4 Å². The fourth-order valence-electron chi connectivity index (χ4n) is 3.62. The van der Waals surface area contributed by atoms with Crippen molar-refractivity contribution in [3.05, 3.63) is 40.7 Å². The molecule has 1 N–H and O–H groups in total. The van der Waals surface area contributed by atoms with Gasteiger partial charge in [0.05, 0.1) is 37.9 Å². The summed E-state index contributed by atoms with van der Waals surface area (Å²) in [6.07, 6.45) is 2.09. The first-order chi connectivity index (χ1) is 12.8. The number of hydrogen-bond donors (Lipinski definition) is 1. The van der Waals surface area contributed by atoms with E-state index in [1.807, 2.05) is 6.07 Å². The van der Waals surface area contributed by atoms with Crippen molar-refractivity contribution in [2.45, 2.75) is 25.8 Å². The SMILES string of the molecule is COc1cc2c(cc1OC)C(CC(=O)O)N(C(=O)c1cn(C)nc1C)CC2. The van der Waals surface area contributed by atoms with E-state index in [0.717, 1.165) is 11.1 Å².